The lowest BCUT2D eigenvalue weighted by atomic mass is 9.74. The van der Waals surface area contributed by atoms with Gasteiger partial charge in [0.05, 0.1) is 16.1 Å². The fourth-order valence-electron chi connectivity index (χ4n) is 5.09. The highest BCUT2D eigenvalue weighted by atomic mass is 127. The number of hydrogen-bond donors (Lipinski definition) is 0. The van der Waals surface area contributed by atoms with E-state index in [2.05, 4.69) is 144 Å². The predicted molar refractivity (Wildman–Crippen MR) is 150 cm³/mol. The van der Waals surface area contributed by atoms with Gasteiger partial charge in [-0.1, -0.05) is 60.3 Å². The molecule has 0 N–H and O–H groups in total. The Morgan fingerprint density at radius 3 is 2.58 bits per heavy atom. The molecule has 0 radical (unpaired) electrons. The Hall–Kier alpha value is -2.31. The molecule has 3 aromatic rings. The van der Waals surface area contributed by atoms with Gasteiger partial charge in [0, 0.05) is 32.7 Å². The fourth-order valence-corrected chi connectivity index (χ4v) is 6.72. The van der Waals surface area contributed by atoms with Crippen molar-refractivity contribution in [1.29, 1.82) is 0 Å². The van der Waals surface area contributed by atoms with Crippen molar-refractivity contribution in [3.63, 3.8) is 0 Å². The predicted octanol–water partition coefficient (Wildman–Crippen LogP) is 7.55. The molecule has 0 fully saturated rings. The molecule has 2 aliphatic heterocycles. The molecule has 0 bridgehead atoms. The van der Waals surface area contributed by atoms with Crippen LogP contribution in [0.1, 0.15) is 25.0 Å². The largest absolute Gasteiger partial charge is 0.335 e. The van der Waals surface area contributed by atoms with Gasteiger partial charge in [-0.3, -0.25) is 0 Å². The van der Waals surface area contributed by atoms with E-state index in [9.17, 15) is 0 Å². The summed E-state index contributed by atoms with van der Waals surface area (Å²) in [6.45, 7) is 5.58. The third-order valence-electron chi connectivity index (χ3n) is 6.69. The van der Waals surface area contributed by atoms with Gasteiger partial charge < -0.3 is 4.90 Å². The number of halogens is 1. The van der Waals surface area contributed by atoms with E-state index in [-0.39, 0.29) is 5.41 Å². The van der Waals surface area contributed by atoms with Gasteiger partial charge in [0.15, 0.2) is 5.71 Å². The Labute approximate surface area is 214 Å². The van der Waals surface area contributed by atoms with Gasteiger partial charge in [-0.2, -0.15) is 4.58 Å². The average molecular weight is 564 g/mol. The number of rotatable bonds is 5. The zero-order chi connectivity index (χ0) is 23.0. The number of fused-ring (bicyclic) bond motifs is 2. The smallest absolute Gasteiger partial charge is 0.209 e. The van der Waals surface area contributed by atoms with Gasteiger partial charge in [-0.25, -0.2) is 0 Å². The maximum atomic E-state index is 2.43. The van der Waals surface area contributed by atoms with Crippen molar-refractivity contribution in [2.75, 3.05) is 18.5 Å². The molecule has 3 aromatic carbocycles. The standard InChI is InChI=1S/C29H28IN2S/c1-4-32-25-13-8-9-14-26(25)33-28(32)16-10-15-27-29(2,20-21-11-6-5-7-12-21)23-19-22(30)17-18-24(23)31(27)3/h5-19H,4,20H2,1-3H3/q+1. The van der Waals surface area contributed by atoms with Crippen LogP contribution in [0.5, 0.6) is 0 Å². The number of para-hydroxylation sites is 1. The van der Waals surface area contributed by atoms with E-state index in [1.54, 1.807) is 0 Å². The second-order valence-electron chi connectivity index (χ2n) is 8.78. The normalized spacial score (nSPS) is 20.7. The molecule has 0 amide bonds. The van der Waals surface area contributed by atoms with Gasteiger partial charge in [-0.05, 0) is 78.8 Å². The Bertz CT molecular complexity index is 1290. The monoisotopic (exact) mass is 563 g/mol. The summed E-state index contributed by atoms with van der Waals surface area (Å²) in [6, 6.07) is 26.4. The number of benzene rings is 3. The summed E-state index contributed by atoms with van der Waals surface area (Å²) in [4.78, 5) is 3.73. The van der Waals surface area contributed by atoms with E-state index in [4.69, 9.17) is 0 Å². The lowest BCUT2D eigenvalue weighted by molar-refractivity contribution is -0.401. The summed E-state index contributed by atoms with van der Waals surface area (Å²) in [6.07, 6.45) is 7.80. The van der Waals surface area contributed by atoms with Crippen LogP contribution in [0.3, 0.4) is 0 Å². The van der Waals surface area contributed by atoms with Crippen LogP contribution in [-0.4, -0.2) is 23.9 Å². The van der Waals surface area contributed by atoms with Crippen LogP contribution in [0.2, 0.25) is 0 Å². The maximum Gasteiger partial charge on any atom is 0.209 e. The molecule has 4 heteroatoms. The van der Waals surface area contributed by atoms with Crippen molar-refractivity contribution < 1.29 is 4.58 Å². The Morgan fingerprint density at radius 2 is 1.79 bits per heavy atom. The van der Waals surface area contributed by atoms with Crippen molar-refractivity contribution >= 4 is 51.4 Å². The summed E-state index contributed by atoms with van der Waals surface area (Å²) in [5.41, 5.74) is 6.64. The second-order valence-corrected chi connectivity index (χ2v) is 11.1. The van der Waals surface area contributed by atoms with E-state index in [1.807, 2.05) is 11.8 Å². The first-order valence-electron chi connectivity index (χ1n) is 11.4. The highest BCUT2D eigenvalue weighted by Gasteiger charge is 2.46. The molecular weight excluding hydrogens is 535 g/mol. The van der Waals surface area contributed by atoms with Gasteiger partial charge in [0.2, 0.25) is 5.69 Å². The van der Waals surface area contributed by atoms with E-state index >= 15 is 0 Å². The minimum atomic E-state index is -0.0855. The highest BCUT2D eigenvalue weighted by Crippen LogP contribution is 2.46. The minimum absolute atomic E-state index is 0.0855. The van der Waals surface area contributed by atoms with Crippen molar-refractivity contribution in [2.24, 2.45) is 0 Å². The molecule has 1 atom stereocenters. The number of thioether (sulfide) groups is 1. The molecule has 0 saturated heterocycles. The summed E-state index contributed by atoms with van der Waals surface area (Å²) in [5, 5.41) is 1.29. The van der Waals surface area contributed by atoms with Gasteiger partial charge >= 0.3 is 0 Å². The quantitative estimate of drug-likeness (QED) is 0.234. The molecule has 0 saturated carbocycles. The van der Waals surface area contributed by atoms with Gasteiger partial charge in [0.25, 0.3) is 0 Å². The zero-order valence-corrected chi connectivity index (χ0v) is 22.2. The lowest BCUT2D eigenvalue weighted by Gasteiger charge is -2.23. The molecule has 0 aliphatic carbocycles. The fraction of sp³-hybridized carbons (Fsp3) is 0.207. The number of allylic oxidation sites excluding steroid dienone is 3. The van der Waals surface area contributed by atoms with Gasteiger partial charge in [-0.15, -0.1) is 0 Å². The molecule has 0 spiro atoms. The zero-order valence-electron chi connectivity index (χ0n) is 19.3. The van der Waals surface area contributed by atoms with Crippen LogP contribution in [0.4, 0.5) is 11.4 Å². The van der Waals surface area contributed by atoms with E-state index < -0.39 is 0 Å². The van der Waals surface area contributed by atoms with Gasteiger partial charge in [0.1, 0.15) is 7.05 Å². The third kappa shape index (κ3) is 4.08. The summed E-state index contributed by atoms with van der Waals surface area (Å²) in [5.74, 6) is 0. The Balaban J connectivity index is 1.52. The van der Waals surface area contributed by atoms with Crippen LogP contribution in [0, 0.1) is 3.57 Å². The SMILES string of the molecule is CCN1/C(=C/C=C/C2=[N+](C)c3ccc(I)cc3C2(C)Cc2ccccc2)Sc2ccccc21. The third-order valence-corrected chi connectivity index (χ3v) is 8.49. The number of anilines is 1. The molecule has 2 heterocycles. The second kappa shape index (κ2) is 9.15. The topological polar surface area (TPSA) is 6.25 Å². The first kappa shape index (κ1) is 22.5. The van der Waals surface area contributed by atoms with Crippen molar-refractivity contribution in [1.82, 2.24) is 0 Å². The molecule has 0 aromatic heterocycles. The Morgan fingerprint density at radius 1 is 1.03 bits per heavy atom. The first-order chi connectivity index (χ1) is 16.0. The summed E-state index contributed by atoms with van der Waals surface area (Å²) < 4.78 is 3.66. The molecule has 2 nitrogen and oxygen atoms in total. The minimum Gasteiger partial charge on any atom is -0.335 e. The maximum absolute atomic E-state index is 2.43. The molecule has 1 unspecified atom stereocenters. The van der Waals surface area contributed by atoms with Crippen LogP contribution in [-0.2, 0) is 11.8 Å². The van der Waals surface area contributed by atoms with Crippen LogP contribution in [0.15, 0.2) is 101 Å². The molecule has 33 heavy (non-hydrogen) atoms. The molecule has 5 rings (SSSR count). The Kier molecular flexibility index (Phi) is 6.23. The number of hydrogen-bond acceptors (Lipinski definition) is 2. The molecular formula is C29H28IN2S+. The van der Waals surface area contributed by atoms with Crippen LogP contribution >= 0.6 is 34.4 Å². The first-order valence-corrected chi connectivity index (χ1v) is 13.3. The highest BCUT2D eigenvalue weighted by molar-refractivity contribution is 14.1. The summed E-state index contributed by atoms with van der Waals surface area (Å²) >= 11 is 4.29. The molecule has 2 aliphatic rings. The average Bonchev–Trinajstić information content (AvgIpc) is 3.27. The van der Waals surface area contributed by atoms with Crippen molar-refractivity contribution in [3.8, 4) is 0 Å². The number of nitrogens with zero attached hydrogens (tertiary/aromatic N) is 2. The lowest BCUT2D eigenvalue weighted by Crippen LogP contribution is -2.33. The van der Waals surface area contributed by atoms with Crippen molar-refractivity contribution in [3.05, 3.63) is 111 Å². The van der Waals surface area contributed by atoms with E-state index in [0.29, 0.717) is 0 Å². The molecule has 166 valence electrons. The summed E-state index contributed by atoms with van der Waals surface area (Å²) in [7, 11) is 2.20. The van der Waals surface area contributed by atoms with E-state index in [1.165, 1.54) is 41.7 Å². The van der Waals surface area contributed by atoms with Crippen molar-refractivity contribution in [2.45, 2.75) is 30.6 Å². The van der Waals surface area contributed by atoms with Crippen LogP contribution < -0.4 is 4.90 Å². The van der Waals surface area contributed by atoms with Crippen LogP contribution in [0.25, 0.3) is 0 Å². The van der Waals surface area contributed by atoms with E-state index in [0.717, 1.165) is 13.0 Å².